The maximum atomic E-state index is 9.10. The van der Waals surface area contributed by atoms with Crippen molar-refractivity contribution < 1.29 is 14.8 Å². The van der Waals surface area contributed by atoms with E-state index in [0.717, 1.165) is 0 Å². The maximum absolute atomic E-state index is 9.10. The highest BCUT2D eigenvalue weighted by Gasteiger charge is 2.17. The molecule has 6 nitrogen and oxygen atoms in total. The smallest absolute Gasteiger partial charge is 0.475 e. The SMILES string of the molecule is C=CCCOc1nc(B(O)O)cn2ccnc12.CC. The van der Waals surface area contributed by atoms with Crippen LogP contribution in [0.4, 0.5) is 0 Å². The molecule has 2 rings (SSSR count). The van der Waals surface area contributed by atoms with Gasteiger partial charge < -0.3 is 19.2 Å². The molecule has 0 spiro atoms. The van der Waals surface area contributed by atoms with E-state index in [-0.39, 0.29) is 11.5 Å². The fourth-order valence-electron chi connectivity index (χ4n) is 1.38. The van der Waals surface area contributed by atoms with Crippen LogP contribution in [0.3, 0.4) is 0 Å². The van der Waals surface area contributed by atoms with E-state index in [1.54, 1.807) is 22.9 Å². The van der Waals surface area contributed by atoms with Gasteiger partial charge in [-0.3, -0.25) is 0 Å². The predicted octanol–water partition coefficient (Wildman–Crippen LogP) is 0.390. The van der Waals surface area contributed by atoms with Crippen LogP contribution in [-0.2, 0) is 0 Å². The van der Waals surface area contributed by atoms with E-state index in [0.29, 0.717) is 18.7 Å². The van der Waals surface area contributed by atoms with Crippen molar-refractivity contribution in [3.05, 3.63) is 31.2 Å². The summed E-state index contributed by atoms with van der Waals surface area (Å²) in [5, 5.41) is 18.2. The molecule has 2 aromatic rings. The van der Waals surface area contributed by atoms with Gasteiger partial charge in [0.1, 0.15) is 0 Å². The van der Waals surface area contributed by atoms with Gasteiger partial charge in [0.15, 0.2) is 5.65 Å². The second-order valence-electron chi connectivity index (χ2n) is 3.43. The minimum Gasteiger partial charge on any atom is -0.475 e. The highest BCUT2D eigenvalue weighted by molar-refractivity contribution is 6.57. The Balaban J connectivity index is 0.000000861. The number of hydrogen-bond donors (Lipinski definition) is 2. The summed E-state index contributed by atoms with van der Waals surface area (Å²) in [7, 11) is -1.64. The Labute approximate surface area is 112 Å². The van der Waals surface area contributed by atoms with Gasteiger partial charge in [-0.25, -0.2) is 9.97 Å². The van der Waals surface area contributed by atoms with Crippen molar-refractivity contribution in [2.45, 2.75) is 20.3 Å². The predicted molar refractivity (Wildman–Crippen MR) is 74.5 cm³/mol. The van der Waals surface area contributed by atoms with Crippen LogP contribution >= 0.6 is 0 Å². The zero-order valence-electron chi connectivity index (χ0n) is 11.2. The van der Waals surface area contributed by atoms with Gasteiger partial charge in [-0.15, -0.1) is 6.58 Å². The van der Waals surface area contributed by atoms with Crippen LogP contribution in [0.25, 0.3) is 5.65 Å². The molecule has 0 saturated carbocycles. The van der Waals surface area contributed by atoms with Crippen LogP contribution in [0.15, 0.2) is 31.2 Å². The van der Waals surface area contributed by atoms with Gasteiger partial charge in [0.2, 0.25) is 0 Å². The third kappa shape index (κ3) is 3.80. The largest absolute Gasteiger partial charge is 0.509 e. The van der Waals surface area contributed by atoms with Crippen molar-refractivity contribution in [3.8, 4) is 5.88 Å². The Morgan fingerprint density at radius 1 is 1.47 bits per heavy atom. The normalized spacial score (nSPS) is 9.68. The molecule has 2 heterocycles. The summed E-state index contributed by atoms with van der Waals surface area (Å²) in [6, 6.07) is 0. The molecule has 0 radical (unpaired) electrons. The summed E-state index contributed by atoms with van der Waals surface area (Å²) in [4.78, 5) is 8.09. The van der Waals surface area contributed by atoms with E-state index in [1.165, 1.54) is 6.20 Å². The average Bonchev–Trinajstić information content (AvgIpc) is 2.89. The van der Waals surface area contributed by atoms with Gasteiger partial charge >= 0.3 is 7.12 Å². The lowest BCUT2D eigenvalue weighted by Crippen LogP contribution is -2.33. The zero-order valence-corrected chi connectivity index (χ0v) is 11.2. The first kappa shape index (κ1) is 15.2. The highest BCUT2D eigenvalue weighted by Crippen LogP contribution is 2.13. The van der Waals surface area contributed by atoms with Crippen molar-refractivity contribution in [2.75, 3.05) is 6.61 Å². The van der Waals surface area contributed by atoms with Crippen LogP contribution < -0.4 is 10.3 Å². The van der Waals surface area contributed by atoms with Gasteiger partial charge in [0.25, 0.3) is 5.88 Å². The molecule has 0 unspecified atom stereocenters. The lowest BCUT2D eigenvalue weighted by Gasteiger charge is -2.07. The van der Waals surface area contributed by atoms with E-state index in [9.17, 15) is 0 Å². The molecule has 0 aliphatic heterocycles. The average molecular weight is 263 g/mol. The Morgan fingerprint density at radius 3 is 2.84 bits per heavy atom. The van der Waals surface area contributed by atoms with Gasteiger partial charge in [-0.1, -0.05) is 19.9 Å². The monoisotopic (exact) mass is 263 g/mol. The zero-order chi connectivity index (χ0) is 14.3. The number of fused-ring (bicyclic) bond motifs is 1. The van der Waals surface area contributed by atoms with Gasteiger partial charge in [-0.05, 0) is 6.42 Å². The molecule has 0 saturated heterocycles. The second-order valence-corrected chi connectivity index (χ2v) is 3.43. The van der Waals surface area contributed by atoms with Gasteiger partial charge in [-0.2, -0.15) is 0 Å². The van der Waals surface area contributed by atoms with Crippen molar-refractivity contribution >= 4 is 18.4 Å². The summed E-state index contributed by atoms with van der Waals surface area (Å²) in [6.07, 6.45) is 7.18. The molecule has 19 heavy (non-hydrogen) atoms. The van der Waals surface area contributed by atoms with Crippen LogP contribution in [0, 0.1) is 0 Å². The van der Waals surface area contributed by atoms with Crippen LogP contribution in [0.5, 0.6) is 5.88 Å². The molecule has 2 N–H and O–H groups in total. The number of imidazole rings is 1. The van der Waals surface area contributed by atoms with E-state index in [4.69, 9.17) is 14.8 Å². The number of rotatable bonds is 5. The van der Waals surface area contributed by atoms with E-state index in [2.05, 4.69) is 16.5 Å². The summed E-state index contributed by atoms with van der Waals surface area (Å²) in [5.74, 6) is 0.280. The second kappa shape index (κ2) is 7.55. The van der Waals surface area contributed by atoms with Crippen molar-refractivity contribution in [1.82, 2.24) is 14.4 Å². The standard InChI is InChI=1S/C10H12BN3O3.C2H6/c1-2-3-6-17-10-9-12-4-5-14(9)7-8(13-10)11(15)16;1-2/h2,4-5,7,15-16H,1,3,6H2;1-2H3. The molecule has 102 valence electrons. The lowest BCUT2D eigenvalue weighted by atomic mass is 9.87. The van der Waals surface area contributed by atoms with Crippen molar-refractivity contribution in [2.24, 2.45) is 0 Å². The molecule has 0 aliphatic carbocycles. The number of hydrogen-bond acceptors (Lipinski definition) is 5. The van der Waals surface area contributed by atoms with Crippen LogP contribution in [0.1, 0.15) is 20.3 Å². The first-order chi connectivity index (χ1) is 9.22. The van der Waals surface area contributed by atoms with Crippen molar-refractivity contribution in [3.63, 3.8) is 0 Å². The Hall–Kier alpha value is -1.86. The molecule has 0 bridgehead atoms. The number of nitrogens with zero attached hydrogens (tertiary/aromatic N) is 3. The Morgan fingerprint density at radius 2 is 2.21 bits per heavy atom. The fraction of sp³-hybridized carbons (Fsp3) is 0.333. The molecule has 0 aromatic carbocycles. The maximum Gasteiger partial charge on any atom is 0.509 e. The third-order valence-electron chi connectivity index (χ3n) is 2.19. The number of ether oxygens (including phenoxy) is 1. The molecular weight excluding hydrogens is 245 g/mol. The lowest BCUT2D eigenvalue weighted by molar-refractivity contribution is 0.314. The molecule has 2 aromatic heterocycles. The molecule has 0 amide bonds. The quantitative estimate of drug-likeness (QED) is 0.463. The Kier molecular flexibility index (Phi) is 6.04. The topological polar surface area (TPSA) is 79.9 Å². The summed E-state index contributed by atoms with van der Waals surface area (Å²) >= 11 is 0. The van der Waals surface area contributed by atoms with Crippen LogP contribution in [0.2, 0.25) is 0 Å². The summed E-state index contributed by atoms with van der Waals surface area (Å²) < 4.78 is 7.05. The third-order valence-corrected chi connectivity index (χ3v) is 2.19. The van der Waals surface area contributed by atoms with Crippen molar-refractivity contribution in [1.29, 1.82) is 0 Å². The fourth-order valence-corrected chi connectivity index (χ4v) is 1.38. The Bertz CT molecular complexity index is 528. The van der Waals surface area contributed by atoms with Gasteiger partial charge in [0, 0.05) is 18.6 Å². The first-order valence-corrected chi connectivity index (χ1v) is 6.16. The van der Waals surface area contributed by atoms with Gasteiger partial charge in [0.05, 0.1) is 12.2 Å². The number of aromatic nitrogens is 3. The molecule has 0 fully saturated rings. The minimum atomic E-state index is -1.64. The summed E-state index contributed by atoms with van der Waals surface area (Å²) in [6.45, 7) is 8.01. The first-order valence-electron chi connectivity index (χ1n) is 6.16. The highest BCUT2D eigenvalue weighted by atomic mass is 16.5. The molecule has 0 atom stereocenters. The van der Waals surface area contributed by atoms with E-state index >= 15 is 0 Å². The minimum absolute atomic E-state index is 0.115. The molecular formula is C12H18BN3O3. The summed E-state index contributed by atoms with van der Waals surface area (Å²) in [5.41, 5.74) is 0.655. The van der Waals surface area contributed by atoms with E-state index in [1.807, 2.05) is 13.8 Å². The molecule has 7 heteroatoms. The van der Waals surface area contributed by atoms with Crippen LogP contribution in [-0.4, -0.2) is 38.1 Å². The van der Waals surface area contributed by atoms with E-state index < -0.39 is 7.12 Å². The molecule has 0 aliphatic rings.